The number of halogens is 2. The number of nitrogens with two attached hydrogens (primary N) is 1. The second kappa shape index (κ2) is 7.23. The molecule has 0 atom stereocenters. The van der Waals surface area contributed by atoms with Gasteiger partial charge in [0, 0.05) is 40.2 Å². The molecule has 2 heterocycles. The monoisotopic (exact) mass is 394 g/mol. The van der Waals surface area contributed by atoms with Gasteiger partial charge in [0.15, 0.2) is 5.69 Å². The molecular weight excluding hydrogens is 377 g/mol. The van der Waals surface area contributed by atoms with Gasteiger partial charge in [0.05, 0.1) is 19.2 Å². The Kier molecular flexibility index (Phi) is 5.18. The third-order valence-electron chi connectivity index (χ3n) is 4.47. The van der Waals surface area contributed by atoms with Crippen LogP contribution < -0.4 is 10.7 Å². The Morgan fingerprint density at radius 1 is 1.38 bits per heavy atom. The molecule has 1 aromatic heterocycles. The Labute approximate surface area is 160 Å². The van der Waals surface area contributed by atoms with Gasteiger partial charge in [-0.2, -0.15) is 0 Å². The lowest BCUT2D eigenvalue weighted by Crippen LogP contribution is -2.33. The molecule has 6 nitrogen and oxygen atoms in total. The Morgan fingerprint density at radius 3 is 2.73 bits per heavy atom. The molecule has 0 aliphatic carbocycles. The van der Waals surface area contributed by atoms with Crippen molar-refractivity contribution in [3.8, 4) is 11.1 Å². The van der Waals surface area contributed by atoms with Crippen molar-refractivity contribution < 1.29 is 19.3 Å². The van der Waals surface area contributed by atoms with Crippen LogP contribution in [0.15, 0.2) is 18.2 Å². The first-order valence-electron chi connectivity index (χ1n) is 7.96. The summed E-state index contributed by atoms with van der Waals surface area (Å²) in [6.45, 7) is 2.27. The highest BCUT2D eigenvalue weighted by molar-refractivity contribution is 6.36. The van der Waals surface area contributed by atoms with Crippen LogP contribution >= 0.6 is 23.2 Å². The number of hydrogen-bond donors (Lipinski definition) is 1. The van der Waals surface area contributed by atoms with E-state index in [0.29, 0.717) is 15.7 Å². The maximum absolute atomic E-state index is 12.7. The highest BCUT2D eigenvalue weighted by atomic mass is 35.5. The molecule has 26 heavy (non-hydrogen) atoms. The fourth-order valence-corrected chi connectivity index (χ4v) is 3.72. The van der Waals surface area contributed by atoms with Crippen LogP contribution in [-0.2, 0) is 22.6 Å². The number of carbonyl (C=O) groups is 2. The van der Waals surface area contributed by atoms with Crippen molar-refractivity contribution in [3.63, 3.8) is 0 Å². The maximum atomic E-state index is 12.7. The lowest BCUT2D eigenvalue weighted by atomic mass is 9.93. The van der Waals surface area contributed by atoms with Gasteiger partial charge in [0.2, 0.25) is 0 Å². The third-order valence-corrected chi connectivity index (χ3v) is 5.02. The van der Waals surface area contributed by atoms with E-state index < -0.39 is 5.97 Å². The molecule has 0 bridgehead atoms. The number of aromatic nitrogens is 1. The van der Waals surface area contributed by atoms with Gasteiger partial charge >= 0.3 is 11.9 Å². The van der Waals surface area contributed by atoms with Crippen molar-refractivity contribution in [2.75, 3.05) is 13.7 Å². The number of ether oxygens (including phenoxy) is 1. The molecule has 0 saturated heterocycles. The number of methoxy groups -OCH3 is 1. The zero-order chi connectivity index (χ0) is 19.0. The zero-order valence-corrected chi connectivity index (χ0v) is 15.9. The predicted octanol–water partition coefficient (Wildman–Crippen LogP) is 2.37. The molecule has 1 aliphatic rings. The molecule has 0 saturated carbocycles. The number of amides is 1. The van der Waals surface area contributed by atoms with Gasteiger partial charge in [-0.25, -0.2) is 4.98 Å². The molecule has 2 aromatic rings. The number of rotatable bonds is 4. The fourth-order valence-electron chi connectivity index (χ4n) is 3.22. The number of esters is 1. The van der Waals surface area contributed by atoms with Crippen LogP contribution in [0.3, 0.4) is 0 Å². The van der Waals surface area contributed by atoms with Crippen molar-refractivity contribution >= 4 is 35.1 Å². The van der Waals surface area contributed by atoms with E-state index in [1.807, 2.05) is 13.0 Å². The molecule has 3 rings (SSSR count). The van der Waals surface area contributed by atoms with Crippen molar-refractivity contribution in [1.82, 2.24) is 4.90 Å². The van der Waals surface area contributed by atoms with Crippen molar-refractivity contribution in [2.24, 2.45) is 5.73 Å². The maximum Gasteiger partial charge on any atom is 0.325 e. The minimum absolute atomic E-state index is 0.122. The lowest BCUT2D eigenvalue weighted by Gasteiger charge is -2.14. The highest BCUT2D eigenvalue weighted by Crippen LogP contribution is 2.38. The Balaban J connectivity index is 2.19. The van der Waals surface area contributed by atoms with Gasteiger partial charge in [-0.15, -0.1) is 0 Å². The Bertz CT molecular complexity index is 915. The summed E-state index contributed by atoms with van der Waals surface area (Å²) in [6, 6.07) is 5.21. The summed E-state index contributed by atoms with van der Waals surface area (Å²) in [5.74, 6) is -0.739. The van der Waals surface area contributed by atoms with E-state index in [9.17, 15) is 9.59 Å². The Hall–Kier alpha value is -2.15. The van der Waals surface area contributed by atoms with E-state index >= 15 is 0 Å². The van der Waals surface area contributed by atoms with Gasteiger partial charge < -0.3 is 15.4 Å². The molecule has 1 aromatic carbocycles. The molecular formula is C18H18Cl2N3O3+. The molecule has 136 valence electrons. The van der Waals surface area contributed by atoms with E-state index in [-0.39, 0.29) is 25.5 Å². The van der Waals surface area contributed by atoms with Crippen LogP contribution in [0.5, 0.6) is 0 Å². The molecule has 3 N–H and O–H groups in total. The number of carbonyl (C=O) groups excluding carboxylic acids is 2. The summed E-state index contributed by atoms with van der Waals surface area (Å²) in [6.07, 6.45) is 0. The summed E-state index contributed by atoms with van der Waals surface area (Å²) in [5, 5.41) is 0.992. The zero-order valence-electron chi connectivity index (χ0n) is 14.4. The highest BCUT2D eigenvalue weighted by Gasteiger charge is 2.39. The van der Waals surface area contributed by atoms with Crippen LogP contribution in [-0.4, -0.2) is 30.4 Å². The fraction of sp³-hybridized carbons (Fsp3) is 0.278. The van der Waals surface area contributed by atoms with Gasteiger partial charge in [-0.05, 0) is 12.1 Å². The Morgan fingerprint density at radius 2 is 2.12 bits per heavy atom. The van der Waals surface area contributed by atoms with Crippen LogP contribution in [0.1, 0.15) is 27.3 Å². The summed E-state index contributed by atoms with van der Waals surface area (Å²) in [4.78, 5) is 28.9. The predicted molar refractivity (Wildman–Crippen MR) is 97.8 cm³/mol. The van der Waals surface area contributed by atoms with Crippen LogP contribution in [0, 0.1) is 6.92 Å². The normalized spacial score (nSPS) is 13.1. The second-order valence-corrected chi connectivity index (χ2v) is 6.87. The van der Waals surface area contributed by atoms with Gasteiger partial charge in [0.25, 0.3) is 5.69 Å². The summed E-state index contributed by atoms with van der Waals surface area (Å²) in [7, 11) is 1.29. The number of aryl methyl sites for hydroxylation is 1. The first-order chi connectivity index (χ1) is 12.4. The second-order valence-electron chi connectivity index (χ2n) is 6.02. The van der Waals surface area contributed by atoms with E-state index in [1.165, 1.54) is 12.0 Å². The standard InChI is InChI=1S/C18H17Cl2N3O3/c1-9-12(6-21)16(11-4-3-10(19)5-14(11)20)13-7-23(8-15(24)26-2)18(25)17(13)22-9/h3-5H,6-8,21H2,1-2H3/p+1. The van der Waals surface area contributed by atoms with Gasteiger partial charge in [0.1, 0.15) is 6.54 Å². The van der Waals surface area contributed by atoms with Crippen molar-refractivity contribution in [3.05, 3.63) is 50.8 Å². The number of nitrogens with one attached hydrogen (secondary N) is 1. The topological polar surface area (TPSA) is 86.8 Å². The average Bonchev–Trinajstić information content (AvgIpc) is 2.90. The van der Waals surface area contributed by atoms with Gasteiger partial charge in [-0.1, -0.05) is 29.3 Å². The van der Waals surface area contributed by atoms with E-state index in [0.717, 1.165) is 27.9 Å². The van der Waals surface area contributed by atoms with Crippen molar-refractivity contribution in [2.45, 2.75) is 20.0 Å². The van der Waals surface area contributed by atoms with Crippen LogP contribution in [0.25, 0.3) is 11.1 Å². The van der Waals surface area contributed by atoms with E-state index in [2.05, 4.69) is 9.72 Å². The molecule has 8 heteroatoms. The molecule has 0 radical (unpaired) electrons. The summed E-state index contributed by atoms with van der Waals surface area (Å²) >= 11 is 12.4. The number of pyridine rings is 1. The molecule has 0 spiro atoms. The summed E-state index contributed by atoms with van der Waals surface area (Å²) in [5.41, 5.74) is 10.4. The minimum Gasteiger partial charge on any atom is -0.468 e. The number of hydrogen-bond acceptors (Lipinski definition) is 4. The summed E-state index contributed by atoms with van der Waals surface area (Å²) < 4.78 is 4.68. The number of H-pyrrole nitrogens is 1. The van der Waals surface area contributed by atoms with Gasteiger partial charge in [-0.3, -0.25) is 9.59 Å². The molecule has 0 unspecified atom stereocenters. The quantitative estimate of drug-likeness (QED) is 0.806. The van der Waals surface area contributed by atoms with Crippen molar-refractivity contribution in [1.29, 1.82) is 0 Å². The molecule has 1 amide bonds. The largest absolute Gasteiger partial charge is 0.468 e. The number of aromatic amines is 1. The van der Waals surface area contributed by atoms with E-state index in [4.69, 9.17) is 28.9 Å². The molecule has 1 aliphatic heterocycles. The molecule has 0 fully saturated rings. The van der Waals surface area contributed by atoms with Crippen LogP contribution in [0.4, 0.5) is 0 Å². The SMILES string of the molecule is COC(=O)CN1Cc2c([nH+]c(C)c(CN)c2-c2ccc(Cl)cc2Cl)C1=O. The number of benzene rings is 1. The van der Waals surface area contributed by atoms with E-state index in [1.54, 1.807) is 12.1 Å². The average molecular weight is 395 g/mol. The minimum atomic E-state index is -0.479. The smallest absolute Gasteiger partial charge is 0.325 e. The van der Waals surface area contributed by atoms with Crippen LogP contribution in [0.2, 0.25) is 10.0 Å². The third kappa shape index (κ3) is 3.16. The first-order valence-corrected chi connectivity index (χ1v) is 8.72. The first kappa shape index (κ1) is 18.6. The number of nitrogens with zero attached hydrogens (tertiary/aromatic N) is 1. The lowest BCUT2D eigenvalue weighted by molar-refractivity contribution is -0.392. The number of fused-ring (bicyclic) bond motifs is 1.